The number of benzene rings is 1. The highest BCUT2D eigenvalue weighted by molar-refractivity contribution is 7.80. The molecule has 0 aliphatic carbocycles. The second kappa shape index (κ2) is 15.8. The summed E-state index contributed by atoms with van der Waals surface area (Å²) in [7, 11) is 0. The van der Waals surface area contributed by atoms with Gasteiger partial charge in [-0.2, -0.15) is 12.6 Å². The summed E-state index contributed by atoms with van der Waals surface area (Å²) in [5.74, 6) is -0.515. The Morgan fingerprint density at radius 2 is 1.58 bits per heavy atom. The number of carbonyl (C=O) groups excluding carboxylic acids is 3. The van der Waals surface area contributed by atoms with Gasteiger partial charge in [-0.3, -0.25) is 9.59 Å². The lowest BCUT2D eigenvalue weighted by Gasteiger charge is -2.34. The Balaban J connectivity index is 3.35. The Kier molecular flexibility index (Phi) is 14.0. The zero-order valence-electron chi connectivity index (χ0n) is 23.2. The standard InChI is InChI=1S/C28H47N3O4S/c1-8-10-11-12-13-18-31(26(33)23(19-36)30-27(34)35-28(5,6)7)24(25(32)29-20(3)4)22-16-14-21(9-2)15-17-22/h14-17,20,23-24,36H,8-13,18-19H2,1-7H3,(H,29,32)(H,30,34). The number of alkyl carbamates (subject to hydrolysis) is 1. The molecule has 1 rings (SSSR count). The van der Waals surface area contributed by atoms with Crippen molar-refractivity contribution in [1.82, 2.24) is 15.5 Å². The molecule has 0 saturated carbocycles. The van der Waals surface area contributed by atoms with Gasteiger partial charge in [-0.25, -0.2) is 4.79 Å². The monoisotopic (exact) mass is 521 g/mol. The maximum Gasteiger partial charge on any atom is 0.408 e. The van der Waals surface area contributed by atoms with Gasteiger partial charge in [0.25, 0.3) is 0 Å². The molecule has 2 N–H and O–H groups in total. The molecule has 0 aliphatic heterocycles. The van der Waals surface area contributed by atoms with Crippen molar-refractivity contribution < 1.29 is 19.1 Å². The first-order valence-corrected chi connectivity index (χ1v) is 13.9. The van der Waals surface area contributed by atoms with Gasteiger partial charge in [-0.15, -0.1) is 0 Å². The smallest absolute Gasteiger partial charge is 0.408 e. The molecule has 2 atom stereocenters. The third kappa shape index (κ3) is 11.2. The first-order valence-electron chi connectivity index (χ1n) is 13.2. The number of hydrogen-bond donors (Lipinski definition) is 3. The largest absolute Gasteiger partial charge is 0.444 e. The number of thiol groups is 1. The highest BCUT2D eigenvalue weighted by atomic mass is 32.1. The molecule has 0 fully saturated rings. The van der Waals surface area contributed by atoms with E-state index in [0.717, 1.165) is 49.7 Å². The molecule has 7 nitrogen and oxygen atoms in total. The third-order valence-electron chi connectivity index (χ3n) is 5.65. The molecule has 0 radical (unpaired) electrons. The minimum atomic E-state index is -0.928. The molecule has 0 spiro atoms. The van der Waals surface area contributed by atoms with Crippen molar-refractivity contribution in [2.45, 2.75) is 111 Å². The molecular weight excluding hydrogens is 474 g/mol. The predicted octanol–water partition coefficient (Wildman–Crippen LogP) is 5.44. The van der Waals surface area contributed by atoms with Crippen molar-refractivity contribution in [3.8, 4) is 0 Å². The number of hydrogen-bond acceptors (Lipinski definition) is 5. The van der Waals surface area contributed by atoms with Crippen molar-refractivity contribution in [3.05, 3.63) is 35.4 Å². The average molecular weight is 522 g/mol. The van der Waals surface area contributed by atoms with Gasteiger partial charge in [0.05, 0.1) is 0 Å². The Morgan fingerprint density at radius 3 is 2.08 bits per heavy atom. The van der Waals surface area contributed by atoms with E-state index in [9.17, 15) is 14.4 Å². The summed E-state index contributed by atoms with van der Waals surface area (Å²) in [6.45, 7) is 13.7. The Bertz CT molecular complexity index is 821. The van der Waals surface area contributed by atoms with E-state index >= 15 is 0 Å². The lowest BCUT2D eigenvalue weighted by molar-refractivity contribution is -0.142. The molecule has 1 aromatic rings. The second-order valence-electron chi connectivity index (χ2n) is 10.5. The number of nitrogens with zero attached hydrogens (tertiary/aromatic N) is 1. The quantitative estimate of drug-likeness (QED) is 0.225. The van der Waals surface area contributed by atoms with Gasteiger partial charge in [-0.05, 0) is 58.6 Å². The van der Waals surface area contributed by atoms with Crippen LogP contribution in [0.25, 0.3) is 0 Å². The first kappa shape index (κ1) is 31.8. The topological polar surface area (TPSA) is 87.7 Å². The minimum Gasteiger partial charge on any atom is -0.444 e. The van der Waals surface area contributed by atoms with Gasteiger partial charge in [0, 0.05) is 18.3 Å². The molecule has 0 aliphatic rings. The zero-order valence-corrected chi connectivity index (χ0v) is 24.1. The molecule has 8 heteroatoms. The molecule has 0 heterocycles. The van der Waals surface area contributed by atoms with Crippen LogP contribution in [-0.2, 0) is 20.7 Å². The average Bonchev–Trinajstić information content (AvgIpc) is 2.79. The van der Waals surface area contributed by atoms with Crippen LogP contribution < -0.4 is 10.6 Å². The van der Waals surface area contributed by atoms with Gasteiger partial charge in [0.2, 0.25) is 11.8 Å². The molecular formula is C28H47N3O4S. The van der Waals surface area contributed by atoms with Crippen LogP contribution in [0, 0.1) is 0 Å². The molecule has 1 aromatic carbocycles. The number of unbranched alkanes of at least 4 members (excludes halogenated alkanes) is 4. The summed E-state index contributed by atoms with van der Waals surface area (Å²) in [6.07, 6.45) is 5.22. The van der Waals surface area contributed by atoms with E-state index in [0.29, 0.717) is 6.54 Å². The molecule has 2 unspecified atom stereocenters. The summed E-state index contributed by atoms with van der Waals surface area (Å²) in [5.41, 5.74) is 1.19. The lowest BCUT2D eigenvalue weighted by atomic mass is 9.99. The normalized spacial score (nSPS) is 13.1. The summed E-state index contributed by atoms with van der Waals surface area (Å²) < 4.78 is 5.36. The van der Waals surface area contributed by atoms with Crippen LogP contribution >= 0.6 is 12.6 Å². The maximum atomic E-state index is 13.9. The summed E-state index contributed by atoms with van der Waals surface area (Å²) in [6, 6.07) is 5.98. The Morgan fingerprint density at radius 1 is 0.972 bits per heavy atom. The number of carbonyl (C=O) groups is 3. The fourth-order valence-electron chi connectivity index (χ4n) is 3.86. The van der Waals surface area contributed by atoms with E-state index in [1.165, 1.54) is 0 Å². The van der Waals surface area contributed by atoms with Crippen molar-refractivity contribution in [1.29, 1.82) is 0 Å². The van der Waals surface area contributed by atoms with Crippen molar-refractivity contribution in [2.24, 2.45) is 0 Å². The maximum absolute atomic E-state index is 13.9. The van der Waals surface area contributed by atoms with Crippen LogP contribution in [0.5, 0.6) is 0 Å². The van der Waals surface area contributed by atoms with E-state index in [1.807, 2.05) is 38.1 Å². The van der Waals surface area contributed by atoms with E-state index in [-0.39, 0.29) is 23.6 Å². The molecule has 36 heavy (non-hydrogen) atoms. The first-order chi connectivity index (χ1) is 16.9. The van der Waals surface area contributed by atoms with Gasteiger partial charge in [0.15, 0.2) is 0 Å². The van der Waals surface area contributed by atoms with Gasteiger partial charge >= 0.3 is 6.09 Å². The summed E-state index contributed by atoms with van der Waals surface area (Å²) in [4.78, 5) is 41.4. The van der Waals surface area contributed by atoms with E-state index in [4.69, 9.17) is 4.74 Å². The molecule has 0 aromatic heterocycles. The number of nitrogens with one attached hydrogen (secondary N) is 2. The molecule has 0 saturated heterocycles. The Labute approximate surface area is 223 Å². The number of rotatable bonds is 14. The van der Waals surface area contributed by atoms with Gasteiger partial charge < -0.3 is 20.3 Å². The fourth-order valence-corrected chi connectivity index (χ4v) is 4.11. The molecule has 3 amide bonds. The minimum absolute atomic E-state index is 0.0811. The highest BCUT2D eigenvalue weighted by Gasteiger charge is 2.35. The van der Waals surface area contributed by atoms with Crippen LogP contribution in [0.3, 0.4) is 0 Å². The van der Waals surface area contributed by atoms with Crippen molar-refractivity contribution in [3.63, 3.8) is 0 Å². The Hall–Kier alpha value is -2.22. The number of ether oxygens (including phenoxy) is 1. The van der Waals surface area contributed by atoms with Crippen LogP contribution in [0.4, 0.5) is 4.79 Å². The van der Waals surface area contributed by atoms with Crippen molar-refractivity contribution in [2.75, 3.05) is 12.3 Å². The van der Waals surface area contributed by atoms with Crippen LogP contribution in [0.15, 0.2) is 24.3 Å². The van der Waals surface area contributed by atoms with Crippen molar-refractivity contribution >= 4 is 30.5 Å². The molecule has 204 valence electrons. The predicted molar refractivity (Wildman–Crippen MR) is 149 cm³/mol. The third-order valence-corrected chi connectivity index (χ3v) is 6.02. The van der Waals surface area contributed by atoms with E-state index in [1.54, 1.807) is 25.7 Å². The fraction of sp³-hybridized carbons (Fsp3) is 0.679. The summed E-state index contributed by atoms with van der Waals surface area (Å²) in [5, 5.41) is 5.64. The van der Waals surface area contributed by atoms with Crippen LogP contribution in [0.1, 0.15) is 97.7 Å². The summed E-state index contributed by atoms with van der Waals surface area (Å²) >= 11 is 4.34. The molecule has 0 bridgehead atoms. The van der Waals surface area contributed by atoms with Crippen LogP contribution in [0.2, 0.25) is 0 Å². The number of amides is 3. The zero-order chi connectivity index (χ0) is 27.3. The SMILES string of the molecule is CCCCCCCN(C(=O)C(CS)NC(=O)OC(C)(C)C)C(C(=O)NC(C)C)c1ccc(CC)cc1. The van der Waals surface area contributed by atoms with E-state index < -0.39 is 23.8 Å². The van der Waals surface area contributed by atoms with Gasteiger partial charge in [0.1, 0.15) is 17.7 Å². The highest BCUT2D eigenvalue weighted by Crippen LogP contribution is 2.25. The second-order valence-corrected chi connectivity index (χ2v) is 10.9. The van der Waals surface area contributed by atoms with Gasteiger partial charge in [-0.1, -0.05) is 63.8 Å². The van der Waals surface area contributed by atoms with E-state index in [2.05, 4.69) is 37.1 Å². The van der Waals surface area contributed by atoms with Crippen LogP contribution in [-0.4, -0.2) is 52.8 Å². The number of aryl methyl sites for hydroxylation is 1. The lowest BCUT2D eigenvalue weighted by Crippen LogP contribution is -2.54.